The number of rotatable bonds is 23. The van der Waals surface area contributed by atoms with E-state index in [4.69, 9.17) is 4.99 Å². The molecule has 0 atom stereocenters. The minimum Gasteiger partial charge on any atom is -0.339 e. The maximum absolute atomic E-state index is 5.36. The Hall–Kier alpha value is -2.61. The van der Waals surface area contributed by atoms with Gasteiger partial charge in [-0.3, -0.25) is 0 Å². The van der Waals surface area contributed by atoms with Crippen LogP contribution >= 0.6 is 0 Å². The SMILES string of the molecule is CCCCCCCCCCCCc1cc2cccc3c2c(c1CCCCCCCCCCCC)N=C(c1ccccc1)N3. The van der Waals surface area contributed by atoms with E-state index >= 15 is 0 Å². The number of aryl methyl sites for hydroxylation is 1. The molecule has 2 nitrogen and oxygen atoms in total. The number of nitrogens with zero attached hydrogens (tertiary/aromatic N) is 1. The van der Waals surface area contributed by atoms with Gasteiger partial charge in [0.15, 0.2) is 0 Å². The molecule has 3 aromatic carbocycles. The molecule has 0 unspecified atom stereocenters. The summed E-state index contributed by atoms with van der Waals surface area (Å²) in [4.78, 5) is 5.36. The fourth-order valence-corrected chi connectivity index (χ4v) is 6.85. The van der Waals surface area contributed by atoms with Crippen LogP contribution in [-0.2, 0) is 12.8 Å². The van der Waals surface area contributed by atoms with Gasteiger partial charge in [-0.25, -0.2) is 4.99 Å². The molecule has 0 spiro atoms. The average Bonchev–Trinajstić information content (AvgIpc) is 3.04. The molecule has 1 aliphatic rings. The van der Waals surface area contributed by atoms with Gasteiger partial charge >= 0.3 is 0 Å². The van der Waals surface area contributed by atoms with Gasteiger partial charge in [-0.15, -0.1) is 0 Å². The van der Waals surface area contributed by atoms with Gasteiger partial charge in [-0.1, -0.05) is 178 Å². The van der Waals surface area contributed by atoms with Gasteiger partial charge in [-0.2, -0.15) is 0 Å². The van der Waals surface area contributed by atoms with Gasteiger partial charge in [0, 0.05) is 16.6 Å². The summed E-state index contributed by atoms with van der Waals surface area (Å²) >= 11 is 0. The number of amidine groups is 1. The third-order valence-corrected chi connectivity index (χ3v) is 9.44. The minimum atomic E-state index is 0.987. The van der Waals surface area contributed by atoms with Crippen LogP contribution in [0.15, 0.2) is 59.6 Å². The first-order valence-corrected chi connectivity index (χ1v) is 18.3. The lowest BCUT2D eigenvalue weighted by atomic mass is 9.90. The summed E-state index contributed by atoms with van der Waals surface area (Å²) in [6.45, 7) is 4.61. The van der Waals surface area contributed by atoms with E-state index < -0.39 is 0 Å². The van der Waals surface area contributed by atoms with Crippen molar-refractivity contribution in [1.29, 1.82) is 0 Å². The van der Waals surface area contributed by atoms with Crippen molar-refractivity contribution in [1.82, 2.24) is 0 Å². The van der Waals surface area contributed by atoms with Crippen LogP contribution in [0.1, 0.15) is 159 Å². The number of anilines is 1. The van der Waals surface area contributed by atoms with Crippen LogP contribution < -0.4 is 5.32 Å². The Morgan fingerprint density at radius 3 is 1.65 bits per heavy atom. The highest BCUT2D eigenvalue weighted by Crippen LogP contribution is 2.42. The van der Waals surface area contributed by atoms with Crippen molar-refractivity contribution in [3.8, 4) is 0 Å². The molecule has 1 aliphatic heterocycles. The first kappa shape index (κ1) is 33.3. The van der Waals surface area contributed by atoms with E-state index in [1.165, 1.54) is 163 Å². The lowest BCUT2D eigenvalue weighted by molar-refractivity contribution is 0.553. The summed E-state index contributed by atoms with van der Waals surface area (Å²) < 4.78 is 0. The monoisotopic (exact) mass is 580 g/mol. The van der Waals surface area contributed by atoms with Crippen LogP contribution in [0, 0.1) is 0 Å². The van der Waals surface area contributed by atoms with Crippen molar-refractivity contribution in [2.24, 2.45) is 4.99 Å². The molecule has 43 heavy (non-hydrogen) atoms. The maximum atomic E-state index is 5.36. The molecule has 234 valence electrons. The Labute approximate surface area is 264 Å². The average molecular weight is 581 g/mol. The molecule has 4 rings (SSSR count). The zero-order valence-electron chi connectivity index (χ0n) is 27.7. The zero-order valence-corrected chi connectivity index (χ0v) is 27.7. The second-order valence-electron chi connectivity index (χ2n) is 13.1. The number of nitrogens with one attached hydrogen (secondary N) is 1. The van der Waals surface area contributed by atoms with Gasteiger partial charge in [-0.05, 0) is 48.3 Å². The van der Waals surface area contributed by atoms with Crippen molar-refractivity contribution in [2.75, 3.05) is 5.32 Å². The quantitative estimate of drug-likeness (QED) is 0.111. The van der Waals surface area contributed by atoms with Gasteiger partial charge < -0.3 is 5.32 Å². The topological polar surface area (TPSA) is 24.4 Å². The second-order valence-corrected chi connectivity index (χ2v) is 13.1. The van der Waals surface area contributed by atoms with Gasteiger partial charge in [0.05, 0.1) is 5.69 Å². The Morgan fingerprint density at radius 2 is 1.07 bits per heavy atom. The summed E-state index contributed by atoms with van der Waals surface area (Å²) in [6.07, 6.45) is 30.0. The summed E-state index contributed by atoms with van der Waals surface area (Å²) in [6, 6.07) is 19.9. The van der Waals surface area contributed by atoms with Crippen LogP contribution in [0.25, 0.3) is 10.8 Å². The van der Waals surface area contributed by atoms with Gasteiger partial charge in [0.1, 0.15) is 5.84 Å². The van der Waals surface area contributed by atoms with E-state index in [0.717, 1.165) is 17.8 Å². The highest BCUT2D eigenvalue weighted by molar-refractivity contribution is 6.19. The molecule has 0 saturated carbocycles. The Morgan fingerprint density at radius 1 is 0.535 bits per heavy atom. The van der Waals surface area contributed by atoms with Crippen molar-refractivity contribution in [2.45, 2.75) is 155 Å². The summed E-state index contributed by atoms with van der Waals surface area (Å²) in [5.74, 6) is 0.987. The number of aliphatic imine (C=N–C) groups is 1. The molecule has 2 heteroatoms. The molecule has 0 radical (unpaired) electrons. The molecule has 0 fully saturated rings. The second kappa shape index (κ2) is 19.6. The molecule has 3 aromatic rings. The van der Waals surface area contributed by atoms with E-state index in [1.54, 1.807) is 5.56 Å². The number of unbranched alkanes of at least 4 members (excludes halogenated alkanes) is 18. The van der Waals surface area contributed by atoms with Crippen LogP contribution in [0.2, 0.25) is 0 Å². The highest BCUT2D eigenvalue weighted by atomic mass is 15.0. The highest BCUT2D eigenvalue weighted by Gasteiger charge is 2.21. The third-order valence-electron chi connectivity index (χ3n) is 9.44. The number of hydrogen-bond donors (Lipinski definition) is 1. The van der Waals surface area contributed by atoms with E-state index in [9.17, 15) is 0 Å². The van der Waals surface area contributed by atoms with E-state index in [-0.39, 0.29) is 0 Å². The molecule has 0 bridgehead atoms. The van der Waals surface area contributed by atoms with E-state index in [1.807, 2.05) is 0 Å². The van der Waals surface area contributed by atoms with Crippen molar-refractivity contribution >= 4 is 28.0 Å². The summed E-state index contributed by atoms with van der Waals surface area (Å²) in [5.41, 5.74) is 6.67. The summed E-state index contributed by atoms with van der Waals surface area (Å²) in [5, 5.41) is 6.32. The van der Waals surface area contributed by atoms with Crippen molar-refractivity contribution in [3.63, 3.8) is 0 Å². The first-order chi connectivity index (χ1) is 21.3. The molecular weight excluding hydrogens is 520 g/mol. The van der Waals surface area contributed by atoms with E-state index in [2.05, 4.69) is 73.8 Å². The summed E-state index contributed by atoms with van der Waals surface area (Å²) in [7, 11) is 0. The lowest BCUT2D eigenvalue weighted by Crippen LogP contribution is -2.17. The standard InChI is InChI=1S/C41H60N2/c1-3-5-7-9-11-13-15-17-19-22-29-35-33-36-30-26-32-38-39(36)40(43-41(42-38)34-27-23-21-24-28-34)37(35)31-25-20-18-16-14-12-10-8-6-4-2/h21,23-24,26-28,30,32-33H,3-20,22,25,29,31H2,1-2H3,(H,42,43). The molecule has 0 saturated heterocycles. The fraction of sp³-hybridized carbons (Fsp3) is 0.585. The van der Waals surface area contributed by atoms with Crippen LogP contribution in [-0.4, -0.2) is 5.84 Å². The molecule has 1 N–H and O–H groups in total. The normalized spacial score (nSPS) is 12.5. The molecule has 0 aromatic heterocycles. The van der Waals surface area contributed by atoms with Gasteiger partial charge in [0.2, 0.25) is 0 Å². The van der Waals surface area contributed by atoms with Crippen molar-refractivity contribution < 1.29 is 0 Å². The van der Waals surface area contributed by atoms with Crippen LogP contribution in [0.4, 0.5) is 11.4 Å². The lowest BCUT2D eigenvalue weighted by Gasteiger charge is -2.24. The molecule has 0 aliphatic carbocycles. The predicted molar refractivity (Wildman–Crippen MR) is 191 cm³/mol. The largest absolute Gasteiger partial charge is 0.339 e. The molecule has 1 heterocycles. The van der Waals surface area contributed by atoms with Crippen LogP contribution in [0.5, 0.6) is 0 Å². The first-order valence-electron chi connectivity index (χ1n) is 18.3. The molecular formula is C41H60N2. The van der Waals surface area contributed by atoms with Crippen molar-refractivity contribution in [3.05, 3.63) is 71.3 Å². The minimum absolute atomic E-state index is 0.987. The third kappa shape index (κ3) is 10.8. The predicted octanol–water partition coefficient (Wildman–Crippen LogP) is 13.3. The Bertz CT molecular complexity index is 1230. The number of benzene rings is 3. The Kier molecular flexibility index (Phi) is 15.2. The maximum Gasteiger partial charge on any atom is 0.138 e. The van der Waals surface area contributed by atoms with Gasteiger partial charge in [0.25, 0.3) is 0 Å². The number of hydrogen-bond acceptors (Lipinski definition) is 2. The zero-order chi connectivity index (χ0) is 30.0. The Balaban J connectivity index is 1.41. The van der Waals surface area contributed by atoms with E-state index in [0.29, 0.717) is 0 Å². The fourth-order valence-electron chi connectivity index (χ4n) is 6.85. The molecule has 0 amide bonds. The smallest absolute Gasteiger partial charge is 0.138 e. The van der Waals surface area contributed by atoms with Crippen LogP contribution in [0.3, 0.4) is 0 Å².